The molecule has 3 aromatic carbocycles. The van der Waals surface area contributed by atoms with Gasteiger partial charge in [-0.2, -0.15) is 5.10 Å². The van der Waals surface area contributed by atoms with Gasteiger partial charge in [0.15, 0.2) is 0 Å². The summed E-state index contributed by atoms with van der Waals surface area (Å²) in [5.74, 6) is -0.987. The molecule has 2 N–H and O–H groups in total. The van der Waals surface area contributed by atoms with Crippen LogP contribution in [-0.4, -0.2) is 21.8 Å². The fraction of sp³-hybridized carbons (Fsp3) is 0.192. The van der Waals surface area contributed by atoms with Crippen molar-refractivity contribution in [3.05, 3.63) is 112 Å². The van der Waals surface area contributed by atoms with Gasteiger partial charge in [-0.05, 0) is 49.2 Å². The van der Waals surface area contributed by atoms with Crippen LogP contribution in [0.25, 0.3) is 0 Å². The summed E-state index contributed by atoms with van der Waals surface area (Å²) in [6, 6.07) is 23.1. The van der Waals surface area contributed by atoms with Crippen LogP contribution in [0.4, 0.5) is 13.9 Å². The van der Waals surface area contributed by atoms with Gasteiger partial charge in [0.1, 0.15) is 26.6 Å². The molecule has 0 amide bonds. The Morgan fingerprint density at radius 3 is 2.26 bits per heavy atom. The van der Waals surface area contributed by atoms with Gasteiger partial charge in [-0.15, -0.1) is 10.2 Å². The van der Waals surface area contributed by atoms with Crippen LogP contribution < -0.4 is 10.7 Å². The second-order valence-corrected chi connectivity index (χ2v) is 10.6. The van der Waals surface area contributed by atoms with Crippen molar-refractivity contribution in [1.82, 2.24) is 10.2 Å². The van der Waals surface area contributed by atoms with Crippen molar-refractivity contribution in [1.29, 1.82) is 0 Å². The molecule has 0 bridgehead atoms. The fourth-order valence-electron chi connectivity index (χ4n) is 4.29. The molecule has 0 fully saturated rings. The van der Waals surface area contributed by atoms with Gasteiger partial charge in [0.2, 0.25) is 5.13 Å². The highest BCUT2D eigenvalue weighted by Gasteiger charge is 2.49. The average molecular weight is 508 g/mol. The lowest BCUT2D eigenvalue weighted by Gasteiger charge is -2.38. The third-order valence-corrected chi connectivity index (χ3v) is 8.20. The summed E-state index contributed by atoms with van der Waals surface area (Å²) in [5.41, 5.74) is 8.10. The lowest BCUT2D eigenvalue weighted by Crippen LogP contribution is -2.40. The first-order valence-corrected chi connectivity index (χ1v) is 12.8. The normalized spacial score (nSPS) is 18.5. The Morgan fingerprint density at radius 1 is 0.914 bits per heavy atom. The van der Waals surface area contributed by atoms with Crippen LogP contribution in [0.1, 0.15) is 34.0 Å². The van der Waals surface area contributed by atoms with E-state index in [1.807, 2.05) is 48.3 Å². The van der Waals surface area contributed by atoms with Crippen LogP contribution in [0.2, 0.25) is 0 Å². The van der Waals surface area contributed by atoms with E-state index in [9.17, 15) is 8.78 Å². The number of nitrogens with zero attached hydrogens (tertiary/aromatic N) is 4. The molecule has 5 nitrogen and oxygen atoms in total. The van der Waals surface area contributed by atoms with Gasteiger partial charge in [0.25, 0.3) is 0 Å². The zero-order valence-electron chi connectivity index (χ0n) is 18.9. The Bertz CT molecular complexity index is 1360. The number of hydrazone groups is 1. The Balaban J connectivity index is 1.69. The monoisotopic (exact) mass is 507 g/mol. The van der Waals surface area contributed by atoms with Crippen molar-refractivity contribution in [2.75, 3.05) is 11.6 Å². The Labute approximate surface area is 210 Å². The number of hydrogen-bond acceptors (Lipinski definition) is 7. The van der Waals surface area contributed by atoms with Crippen LogP contribution in [0, 0.1) is 18.6 Å². The van der Waals surface area contributed by atoms with Gasteiger partial charge in [0, 0.05) is 11.5 Å². The number of rotatable bonds is 7. The SMILES string of the molecule is Cc1nnc(N2N=C(c3ccccc3F)SC2(CC(CN)c2ccccc2F)c2ccccc2)s1. The summed E-state index contributed by atoms with van der Waals surface area (Å²) >= 11 is 2.83. The number of hydrogen-bond donors (Lipinski definition) is 1. The molecule has 178 valence electrons. The minimum Gasteiger partial charge on any atom is -0.330 e. The van der Waals surface area contributed by atoms with Gasteiger partial charge in [-0.3, -0.25) is 0 Å². The number of nitrogens with two attached hydrogens (primary N) is 1. The maximum Gasteiger partial charge on any atom is 0.230 e. The molecule has 4 aromatic rings. The molecule has 1 aliphatic heterocycles. The van der Waals surface area contributed by atoms with E-state index >= 15 is 0 Å². The predicted octanol–water partition coefficient (Wildman–Crippen LogP) is 6.03. The van der Waals surface area contributed by atoms with Crippen molar-refractivity contribution in [2.45, 2.75) is 24.1 Å². The maximum absolute atomic E-state index is 14.9. The second kappa shape index (κ2) is 9.85. The molecule has 2 atom stereocenters. The summed E-state index contributed by atoms with van der Waals surface area (Å²) in [7, 11) is 0. The van der Waals surface area contributed by atoms with E-state index in [0.29, 0.717) is 27.7 Å². The summed E-state index contributed by atoms with van der Waals surface area (Å²) < 4.78 is 29.7. The highest BCUT2D eigenvalue weighted by atomic mass is 32.2. The molecule has 0 saturated carbocycles. The molecule has 5 rings (SSSR count). The van der Waals surface area contributed by atoms with Crippen LogP contribution in [0.3, 0.4) is 0 Å². The summed E-state index contributed by atoms with van der Waals surface area (Å²) in [4.78, 5) is -0.850. The van der Waals surface area contributed by atoms with Crippen LogP contribution in [-0.2, 0) is 4.87 Å². The van der Waals surface area contributed by atoms with Crippen molar-refractivity contribution in [2.24, 2.45) is 10.8 Å². The summed E-state index contributed by atoms with van der Waals surface area (Å²) in [5, 5.41) is 17.1. The van der Waals surface area contributed by atoms with E-state index in [-0.39, 0.29) is 24.1 Å². The molecule has 0 saturated heterocycles. The Hall–Kier alpha value is -3.14. The van der Waals surface area contributed by atoms with E-state index < -0.39 is 4.87 Å². The number of aryl methyl sites for hydroxylation is 1. The van der Waals surface area contributed by atoms with Crippen molar-refractivity contribution in [3.8, 4) is 0 Å². The van der Waals surface area contributed by atoms with E-state index in [1.165, 1.54) is 35.2 Å². The molecule has 2 unspecified atom stereocenters. The standard InChI is InChI=1S/C26H23F2N5S2/c1-17-30-31-25(34-17)33-26(19-9-3-2-4-10-19,15-18(16-29)20-11-5-7-13-22(20)27)35-24(32-33)21-12-6-8-14-23(21)28/h2-14,18H,15-16,29H2,1H3. The first kappa shape index (κ1) is 23.6. The third kappa shape index (κ3) is 4.47. The second-order valence-electron chi connectivity index (χ2n) is 8.21. The van der Waals surface area contributed by atoms with Crippen molar-refractivity contribution >= 4 is 33.3 Å². The minimum absolute atomic E-state index is 0.230. The number of halogens is 2. The first-order valence-electron chi connectivity index (χ1n) is 11.1. The van der Waals surface area contributed by atoms with E-state index in [2.05, 4.69) is 10.2 Å². The van der Waals surface area contributed by atoms with E-state index in [4.69, 9.17) is 10.8 Å². The Morgan fingerprint density at radius 2 is 1.60 bits per heavy atom. The summed E-state index contributed by atoms with van der Waals surface area (Å²) in [6.45, 7) is 2.10. The van der Waals surface area contributed by atoms with E-state index in [1.54, 1.807) is 30.3 Å². The zero-order chi connectivity index (χ0) is 24.4. The molecular formula is C26H23F2N5S2. The van der Waals surface area contributed by atoms with Crippen LogP contribution >= 0.6 is 23.1 Å². The summed E-state index contributed by atoms with van der Waals surface area (Å²) in [6.07, 6.45) is 0.416. The molecule has 0 aliphatic carbocycles. The minimum atomic E-state index is -0.850. The molecule has 2 heterocycles. The third-order valence-electron chi connectivity index (χ3n) is 5.98. The maximum atomic E-state index is 14.9. The van der Waals surface area contributed by atoms with Crippen LogP contribution in [0.15, 0.2) is 84.0 Å². The smallest absolute Gasteiger partial charge is 0.230 e. The van der Waals surface area contributed by atoms with Gasteiger partial charge < -0.3 is 5.73 Å². The van der Waals surface area contributed by atoms with Gasteiger partial charge in [-0.1, -0.05) is 83.8 Å². The number of benzene rings is 3. The van der Waals surface area contributed by atoms with Crippen molar-refractivity contribution < 1.29 is 8.78 Å². The lowest BCUT2D eigenvalue weighted by atomic mass is 9.88. The fourth-order valence-corrected chi connectivity index (χ4v) is 6.53. The highest BCUT2D eigenvalue weighted by Crippen LogP contribution is 2.54. The molecule has 1 aliphatic rings. The zero-order valence-corrected chi connectivity index (χ0v) is 20.6. The van der Waals surface area contributed by atoms with Gasteiger partial charge in [-0.25, -0.2) is 13.8 Å². The molecule has 0 spiro atoms. The number of anilines is 1. The number of aromatic nitrogens is 2. The lowest BCUT2D eigenvalue weighted by molar-refractivity contribution is 0.466. The molecule has 0 radical (unpaired) electrons. The predicted molar refractivity (Wildman–Crippen MR) is 139 cm³/mol. The molecular weight excluding hydrogens is 484 g/mol. The van der Waals surface area contributed by atoms with Crippen LogP contribution in [0.5, 0.6) is 0 Å². The highest BCUT2D eigenvalue weighted by molar-refractivity contribution is 8.15. The van der Waals surface area contributed by atoms with E-state index in [0.717, 1.165) is 10.6 Å². The molecule has 1 aromatic heterocycles. The van der Waals surface area contributed by atoms with Gasteiger partial charge in [0.05, 0.1) is 0 Å². The average Bonchev–Trinajstić information content (AvgIpc) is 3.48. The number of thioether (sulfide) groups is 1. The van der Waals surface area contributed by atoms with Gasteiger partial charge >= 0.3 is 0 Å². The Kier molecular flexibility index (Phi) is 6.64. The molecule has 9 heteroatoms. The largest absolute Gasteiger partial charge is 0.330 e. The topological polar surface area (TPSA) is 67.4 Å². The quantitative estimate of drug-likeness (QED) is 0.331. The molecule has 35 heavy (non-hydrogen) atoms. The van der Waals surface area contributed by atoms with Crippen molar-refractivity contribution in [3.63, 3.8) is 0 Å². The first-order chi connectivity index (χ1) is 17.0.